The predicted molar refractivity (Wildman–Crippen MR) is 123 cm³/mol. The molecule has 0 atom stereocenters. The number of nitrogens with one attached hydrogen (secondary N) is 2. The molecular formula is C21H36IN3O2. The second-order valence-electron chi connectivity index (χ2n) is 7.34. The molecule has 0 unspecified atom stereocenters. The second-order valence-corrected chi connectivity index (χ2v) is 7.34. The van der Waals surface area contributed by atoms with Crippen LogP contribution >= 0.6 is 24.0 Å². The zero-order valence-corrected chi connectivity index (χ0v) is 19.1. The molecule has 0 spiro atoms. The largest absolute Gasteiger partial charge is 0.396 e. The molecule has 0 aromatic heterocycles. The van der Waals surface area contributed by atoms with Gasteiger partial charge in [0.25, 0.3) is 0 Å². The zero-order valence-electron chi connectivity index (χ0n) is 16.8. The summed E-state index contributed by atoms with van der Waals surface area (Å²) in [4.78, 5) is 4.75. The first-order valence-electron chi connectivity index (χ1n) is 9.91. The van der Waals surface area contributed by atoms with Crippen LogP contribution in [0.25, 0.3) is 0 Å². The molecule has 6 heteroatoms. The highest BCUT2D eigenvalue weighted by atomic mass is 127. The molecule has 1 aromatic rings. The van der Waals surface area contributed by atoms with Crippen LogP contribution in [0.1, 0.15) is 56.6 Å². The van der Waals surface area contributed by atoms with E-state index in [9.17, 15) is 5.11 Å². The lowest BCUT2D eigenvalue weighted by Crippen LogP contribution is -2.44. The van der Waals surface area contributed by atoms with Crippen molar-refractivity contribution in [3.05, 3.63) is 35.4 Å². The van der Waals surface area contributed by atoms with Crippen LogP contribution in [0, 0.1) is 5.41 Å². The van der Waals surface area contributed by atoms with Gasteiger partial charge in [-0.1, -0.05) is 43.5 Å². The molecule has 1 saturated carbocycles. The van der Waals surface area contributed by atoms with Gasteiger partial charge in [0.2, 0.25) is 0 Å². The third kappa shape index (κ3) is 8.35. The van der Waals surface area contributed by atoms with E-state index < -0.39 is 0 Å². The van der Waals surface area contributed by atoms with Crippen LogP contribution < -0.4 is 10.6 Å². The van der Waals surface area contributed by atoms with Gasteiger partial charge in [0.15, 0.2) is 5.96 Å². The topological polar surface area (TPSA) is 65.9 Å². The highest BCUT2D eigenvalue weighted by Gasteiger charge is 2.31. The molecule has 0 amide bonds. The molecule has 3 N–H and O–H groups in total. The van der Waals surface area contributed by atoms with E-state index in [1.807, 2.05) is 0 Å². The molecule has 0 radical (unpaired) electrons. The molecule has 0 heterocycles. The highest BCUT2D eigenvalue weighted by Crippen LogP contribution is 2.38. The molecule has 1 aromatic carbocycles. The number of methoxy groups -OCH3 is 1. The summed E-state index contributed by atoms with van der Waals surface area (Å²) in [6.45, 7) is 5.33. The first-order chi connectivity index (χ1) is 12.7. The summed E-state index contributed by atoms with van der Waals surface area (Å²) in [6.07, 6.45) is 7.11. The average Bonchev–Trinajstić information content (AvgIpc) is 2.66. The summed E-state index contributed by atoms with van der Waals surface area (Å²) in [5.41, 5.74) is 2.56. The maximum absolute atomic E-state index is 9.49. The van der Waals surface area contributed by atoms with Gasteiger partial charge >= 0.3 is 0 Å². The van der Waals surface area contributed by atoms with Gasteiger partial charge in [-0.3, -0.25) is 0 Å². The fraction of sp³-hybridized carbons (Fsp3) is 0.667. The zero-order chi connectivity index (χ0) is 18.7. The number of aliphatic hydroxyl groups is 1. The minimum absolute atomic E-state index is 0. The average molecular weight is 489 g/mol. The number of hydrogen-bond acceptors (Lipinski definition) is 3. The third-order valence-corrected chi connectivity index (χ3v) is 5.25. The van der Waals surface area contributed by atoms with Crippen molar-refractivity contribution in [2.24, 2.45) is 10.4 Å². The van der Waals surface area contributed by atoms with Crippen molar-refractivity contribution in [3.63, 3.8) is 0 Å². The summed E-state index contributed by atoms with van der Waals surface area (Å²) in [5, 5.41) is 16.4. The first kappa shape index (κ1) is 24.2. The quantitative estimate of drug-likeness (QED) is 0.280. The monoisotopic (exact) mass is 489 g/mol. The molecule has 1 fully saturated rings. The number of guanidine groups is 1. The van der Waals surface area contributed by atoms with E-state index in [2.05, 4.69) is 41.8 Å². The van der Waals surface area contributed by atoms with Gasteiger partial charge in [-0.05, 0) is 42.7 Å². The Morgan fingerprint density at radius 1 is 1.19 bits per heavy atom. The summed E-state index contributed by atoms with van der Waals surface area (Å²) in [7, 11) is 1.71. The van der Waals surface area contributed by atoms with E-state index in [1.54, 1.807) is 7.11 Å². The number of halogens is 1. The number of aliphatic hydroxyl groups excluding tert-OH is 1. The SMILES string of the molecule is CCNC(=NCc1cccc(COC)c1)NCC1(CCO)CCCCC1.I. The van der Waals surface area contributed by atoms with Crippen LogP contribution in [-0.4, -0.2) is 37.9 Å². The van der Waals surface area contributed by atoms with Gasteiger partial charge in [-0.25, -0.2) is 4.99 Å². The van der Waals surface area contributed by atoms with E-state index in [0.29, 0.717) is 13.2 Å². The Morgan fingerprint density at radius 2 is 1.93 bits per heavy atom. The number of benzene rings is 1. The Bertz CT molecular complexity index is 555. The number of ether oxygens (including phenoxy) is 1. The number of aliphatic imine (C=N–C) groups is 1. The number of hydrogen-bond donors (Lipinski definition) is 3. The highest BCUT2D eigenvalue weighted by molar-refractivity contribution is 14.0. The van der Waals surface area contributed by atoms with Crippen molar-refractivity contribution in [1.82, 2.24) is 10.6 Å². The molecule has 2 rings (SSSR count). The molecule has 154 valence electrons. The fourth-order valence-corrected chi connectivity index (χ4v) is 3.82. The molecule has 27 heavy (non-hydrogen) atoms. The third-order valence-electron chi connectivity index (χ3n) is 5.25. The Morgan fingerprint density at radius 3 is 2.59 bits per heavy atom. The molecule has 5 nitrogen and oxygen atoms in total. The lowest BCUT2D eigenvalue weighted by Gasteiger charge is -2.37. The van der Waals surface area contributed by atoms with E-state index >= 15 is 0 Å². The van der Waals surface area contributed by atoms with Crippen LogP contribution in [-0.2, 0) is 17.9 Å². The van der Waals surface area contributed by atoms with Gasteiger partial charge in [0.05, 0.1) is 13.2 Å². The van der Waals surface area contributed by atoms with Gasteiger partial charge in [-0.15, -0.1) is 24.0 Å². The molecule has 1 aliphatic carbocycles. The molecular weight excluding hydrogens is 453 g/mol. The standard InChI is InChI=1S/C21H35N3O2.HI/c1-3-22-20(23-15-18-8-7-9-19(14-18)16-26-2)24-17-21(12-13-25)10-5-4-6-11-21;/h7-9,14,25H,3-6,10-13,15-17H2,1-2H3,(H2,22,23,24);1H. The summed E-state index contributed by atoms with van der Waals surface area (Å²) < 4.78 is 5.21. The van der Waals surface area contributed by atoms with E-state index in [1.165, 1.54) is 43.2 Å². The summed E-state index contributed by atoms with van der Waals surface area (Å²) in [6, 6.07) is 8.37. The number of rotatable bonds is 9. The lowest BCUT2D eigenvalue weighted by atomic mass is 9.72. The van der Waals surface area contributed by atoms with Crippen molar-refractivity contribution < 1.29 is 9.84 Å². The van der Waals surface area contributed by atoms with Crippen molar-refractivity contribution in [1.29, 1.82) is 0 Å². The summed E-state index contributed by atoms with van der Waals surface area (Å²) in [5.74, 6) is 0.854. The smallest absolute Gasteiger partial charge is 0.191 e. The minimum Gasteiger partial charge on any atom is -0.396 e. The molecule has 1 aliphatic rings. The minimum atomic E-state index is 0. The molecule has 0 bridgehead atoms. The predicted octanol–water partition coefficient (Wildman–Crippen LogP) is 3.84. The van der Waals surface area contributed by atoms with Crippen molar-refractivity contribution in [2.75, 3.05) is 26.8 Å². The van der Waals surface area contributed by atoms with Crippen LogP contribution in [0.4, 0.5) is 0 Å². The van der Waals surface area contributed by atoms with E-state index in [0.717, 1.165) is 25.5 Å². The Labute approximate surface area is 181 Å². The Kier molecular flexibility index (Phi) is 11.9. The van der Waals surface area contributed by atoms with Gasteiger partial charge in [0.1, 0.15) is 0 Å². The van der Waals surface area contributed by atoms with Gasteiger partial charge in [-0.2, -0.15) is 0 Å². The Hall–Kier alpha value is -0.860. The molecule has 0 aliphatic heterocycles. The normalized spacial score (nSPS) is 16.5. The number of nitrogens with zero attached hydrogens (tertiary/aromatic N) is 1. The summed E-state index contributed by atoms with van der Waals surface area (Å²) >= 11 is 0. The van der Waals surface area contributed by atoms with Crippen molar-refractivity contribution >= 4 is 29.9 Å². The van der Waals surface area contributed by atoms with E-state index in [4.69, 9.17) is 9.73 Å². The lowest BCUT2D eigenvalue weighted by molar-refractivity contribution is 0.131. The van der Waals surface area contributed by atoms with Crippen LogP contribution in [0.15, 0.2) is 29.3 Å². The van der Waals surface area contributed by atoms with Crippen molar-refractivity contribution in [3.8, 4) is 0 Å². The van der Waals surface area contributed by atoms with Crippen molar-refractivity contribution in [2.45, 2.75) is 58.6 Å². The maximum atomic E-state index is 9.49. The fourth-order valence-electron chi connectivity index (χ4n) is 3.82. The van der Waals surface area contributed by atoms with E-state index in [-0.39, 0.29) is 36.0 Å². The van der Waals surface area contributed by atoms with Gasteiger partial charge in [0, 0.05) is 26.8 Å². The van der Waals surface area contributed by atoms with Crippen LogP contribution in [0.5, 0.6) is 0 Å². The maximum Gasteiger partial charge on any atom is 0.191 e. The Balaban J connectivity index is 0.00000364. The van der Waals surface area contributed by atoms with Crippen LogP contribution in [0.3, 0.4) is 0 Å². The van der Waals surface area contributed by atoms with Gasteiger partial charge < -0.3 is 20.5 Å². The second kappa shape index (κ2) is 13.3. The first-order valence-corrected chi connectivity index (χ1v) is 9.91. The molecule has 0 saturated heterocycles. The van der Waals surface area contributed by atoms with Crippen LogP contribution in [0.2, 0.25) is 0 Å².